The van der Waals surface area contributed by atoms with E-state index >= 15 is 0 Å². The summed E-state index contributed by atoms with van der Waals surface area (Å²) >= 11 is 0. The Labute approximate surface area is 110 Å². The summed E-state index contributed by atoms with van der Waals surface area (Å²) < 4.78 is 5.57. The number of hydrogen-bond acceptors (Lipinski definition) is 4. The second kappa shape index (κ2) is 5.49. The summed E-state index contributed by atoms with van der Waals surface area (Å²) in [7, 11) is 0. The molecule has 0 radical (unpaired) electrons. The first kappa shape index (κ1) is 13.0. The van der Waals surface area contributed by atoms with E-state index in [0.717, 1.165) is 11.1 Å². The molecule has 2 aromatic carbocycles. The molecule has 0 unspecified atom stereocenters. The lowest BCUT2D eigenvalue weighted by Crippen LogP contribution is -1.96. The van der Waals surface area contributed by atoms with Crippen LogP contribution in [0.3, 0.4) is 0 Å². The fraction of sp³-hybridized carbons (Fsp3) is 0.143. The smallest absolute Gasteiger partial charge is 0.311 e. The molecule has 0 bridgehead atoms. The number of nitro groups is 1. The number of nitro benzene ring substituents is 1. The molecular weight excluding hydrogens is 244 g/mol. The lowest BCUT2D eigenvalue weighted by Gasteiger charge is -2.07. The highest BCUT2D eigenvalue weighted by molar-refractivity contribution is 5.50. The monoisotopic (exact) mass is 258 g/mol. The zero-order valence-corrected chi connectivity index (χ0v) is 10.5. The van der Waals surface area contributed by atoms with Gasteiger partial charge in [0, 0.05) is 12.6 Å². The highest BCUT2D eigenvalue weighted by Gasteiger charge is 2.15. The van der Waals surface area contributed by atoms with Crippen LogP contribution in [0.4, 0.5) is 5.69 Å². The Morgan fingerprint density at radius 1 is 1.21 bits per heavy atom. The van der Waals surface area contributed by atoms with Gasteiger partial charge in [-0.15, -0.1) is 0 Å². The quantitative estimate of drug-likeness (QED) is 0.675. The third-order valence-electron chi connectivity index (χ3n) is 2.70. The van der Waals surface area contributed by atoms with Crippen LogP contribution in [-0.2, 0) is 6.54 Å². The number of rotatable bonds is 4. The summed E-state index contributed by atoms with van der Waals surface area (Å²) in [6.07, 6.45) is 0. The maximum absolute atomic E-state index is 10.9. The third-order valence-corrected chi connectivity index (χ3v) is 2.70. The first-order valence-corrected chi connectivity index (χ1v) is 5.82. The van der Waals surface area contributed by atoms with Crippen LogP contribution in [0.15, 0.2) is 42.5 Å². The molecule has 0 aliphatic carbocycles. The predicted molar refractivity (Wildman–Crippen MR) is 72.2 cm³/mol. The van der Waals surface area contributed by atoms with Crippen molar-refractivity contribution in [2.45, 2.75) is 13.5 Å². The first-order valence-electron chi connectivity index (χ1n) is 5.82. The molecule has 0 heterocycles. The minimum atomic E-state index is -0.455. The second-order valence-corrected chi connectivity index (χ2v) is 4.18. The van der Waals surface area contributed by atoms with E-state index in [4.69, 9.17) is 10.5 Å². The van der Waals surface area contributed by atoms with Gasteiger partial charge in [0.05, 0.1) is 4.92 Å². The van der Waals surface area contributed by atoms with Crippen molar-refractivity contribution in [3.63, 3.8) is 0 Å². The van der Waals surface area contributed by atoms with E-state index in [9.17, 15) is 10.1 Å². The van der Waals surface area contributed by atoms with Gasteiger partial charge in [-0.3, -0.25) is 10.1 Å². The fourth-order valence-corrected chi connectivity index (χ4v) is 1.67. The summed E-state index contributed by atoms with van der Waals surface area (Å²) in [4.78, 5) is 10.5. The Morgan fingerprint density at radius 2 is 1.89 bits per heavy atom. The van der Waals surface area contributed by atoms with Gasteiger partial charge in [0.15, 0.2) is 0 Å². The Morgan fingerprint density at radius 3 is 2.47 bits per heavy atom. The summed E-state index contributed by atoms with van der Waals surface area (Å²) in [6, 6.07) is 11.9. The van der Waals surface area contributed by atoms with Crippen LogP contribution in [0, 0.1) is 17.0 Å². The summed E-state index contributed by atoms with van der Waals surface area (Å²) in [5.74, 6) is 0.788. The van der Waals surface area contributed by atoms with E-state index in [1.54, 1.807) is 24.3 Å². The van der Waals surface area contributed by atoms with Crippen molar-refractivity contribution in [1.82, 2.24) is 0 Å². The van der Waals surface area contributed by atoms with Crippen molar-refractivity contribution in [2.24, 2.45) is 5.73 Å². The van der Waals surface area contributed by atoms with Crippen molar-refractivity contribution in [3.8, 4) is 11.5 Å². The van der Waals surface area contributed by atoms with Gasteiger partial charge in [-0.05, 0) is 36.2 Å². The van der Waals surface area contributed by atoms with Gasteiger partial charge in [0.25, 0.3) is 0 Å². The number of aryl methyl sites for hydroxylation is 1. The van der Waals surface area contributed by atoms with E-state index in [2.05, 4.69) is 0 Å². The summed E-state index contributed by atoms with van der Waals surface area (Å²) in [5, 5.41) is 10.9. The topological polar surface area (TPSA) is 78.4 Å². The highest BCUT2D eigenvalue weighted by atomic mass is 16.6. The zero-order valence-electron chi connectivity index (χ0n) is 10.5. The van der Waals surface area contributed by atoms with Gasteiger partial charge in [0.2, 0.25) is 5.75 Å². The molecule has 0 amide bonds. The maximum Gasteiger partial charge on any atom is 0.311 e. The van der Waals surface area contributed by atoms with Gasteiger partial charge < -0.3 is 10.5 Å². The second-order valence-electron chi connectivity index (χ2n) is 4.18. The molecule has 2 rings (SSSR count). The Balaban J connectivity index is 2.31. The molecule has 0 aromatic heterocycles. The Hall–Kier alpha value is -2.40. The molecule has 0 saturated heterocycles. The molecule has 19 heavy (non-hydrogen) atoms. The van der Waals surface area contributed by atoms with Crippen molar-refractivity contribution >= 4 is 5.69 Å². The van der Waals surface area contributed by atoms with E-state index in [1.165, 1.54) is 6.07 Å². The Bertz CT molecular complexity index is 594. The van der Waals surface area contributed by atoms with Gasteiger partial charge in [-0.1, -0.05) is 18.2 Å². The number of nitrogens with two attached hydrogens (primary N) is 1. The lowest BCUT2D eigenvalue weighted by atomic mass is 10.2. The standard InChI is InChI=1S/C14H14N2O3/c1-10-2-7-13(16(17)18)14(8-10)19-12-5-3-11(9-15)4-6-12/h2-8H,9,15H2,1H3. The predicted octanol–water partition coefficient (Wildman–Crippen LogP) is 3.15. The Kier molecular flexibility index (Phi) is 3.77. The summed E-state index contributed by atoms with van der Waals surface area (Å²) in [6.45, 7) is 2.30. The average molecular weight is 258 g/mol. The van der Waals surface area contributed by atoms with Gasteiger partial charge in [-0.2, -0.15) is 0 Å². The molecule has 0 aliphatic rings. The van der Waals surface area contributed by atoms with E-state index in [0.29, 0.717) is 12.3 Å². The molecule has 98 valence electrons. The van der Waals surface area contributed by atoms with Crippen LogP contribution >= 0.6 is 0 Å². The molecule has 0 fully saturated rings. The lowest BCUT2D eigenvalue weighted by molar-refractivity contribution is -0.385. The number of benzene rings is 2. The van der Waals surface area contributed by atoms with Crippen LogP contribution in [0.2, 0.25) is 0 Å². The third kappa shape index (κ3) is 3.08. The number of ether oxygens (including phenoxy) is 1. The first-order chi connectivity index (χ1) is 9.10. The molecule has 0 saturated carbocycles. The highest BCUT2D eigenvalue weighted by Crippen LogP contribution is 2.32. The van der Waals surface area contributed by atoms with Crippen LogP contribution in [0.1, 0.15) is 11.1 Å². The normalized spacial score (nSPS) is 10.2. The summed E-state index contributed by atoms with van der Waals surface area (Å²) in [5.41, 5.74) is 7.34. The van der Waals surface area contributed by atoms with Crippen molar-refractivity contribution in [3.05, 3.63) is 63.7 Å². The molecule has 5 heteroatoms. The van der Waals surface area contributed by atoms with Crippen LogP contribution < -0.4 is 10.5 Å². The number of hydrogen-bond donors (Lipinski definition) is 1. The van der Waals surface area contributed by atoms with Gasteiger partial charge >= 0.3 is 5.69 Å². The molecule has 2 aromatic rings. The van der Waals surface area contributed by atoms with E-state index in [-0.39, 0.29) is 11.4 Å². The molecule has 0 aliphatic heterocycles. The van der Waals surface area contributed by atoms with E-state index < -0.39 is 4.92 Å². The van der Waals surface area contributed by atoms with Crippen LogP contribution in [0.5, 0.6) is 11.5 Å². The van der Waals surface area contributed by atoms with Crippen LogP contribution in [0.25, 0.3) is 0 Å². The van der Waals surface area contributed by atoms with Gasteiger partial charge in [0.1, 0.15) is 5.75 Å². The average Bonchev–Trinajstić information content (AvgIpc) is 2.39. The SMILES string of the molecule is Cc1ccc([N+](=O)[O-])c(Oc2ccc(CN)cc2)c1. The zero-order chi connectivity index (χ0) is 13.8. The minimum Gasteiger partial charge on any atom is -0.450 e. The minimum absolute atomic E-state index is 0.0477. The van der Waals surface area contributed by atoms with Crippen molar-refractivity contribution in [2.75, 3.05) is 0 Å². The largest absolute Gasteiger partial charge is 0.450 e. The molecular formula is C14H14N2O3. The molecule has 0 spiro atoms. The fourth-order valence-electron chi connectivity index (χ4n) is 1.67. The van der Waals surface area contributed by atoms with Gasteiger partial charge in [-0.25, -0.2) is 0 Å². The number of nitrogens with zero attached hydrogens (tertiary/aromatic N) is 1. The molecule has 5 nitrogen and oxygen atoms in total. The molecule has 0 atom stereocenters. The maximum atomic E-state index is 10.9. The van der Waals surface area contributed by atoms with Crippen LogP contribution in [-0.4, -0.2) is 4.92 Å². The van der Waals surface area contributed by atoms with Crippen molar-refractivity contribution < 1.29 is 9.66 Å². The molecule has 2 N–H and O–H groups in total. The van der Waals surface area contributed by atoms with E-state index in [1.807, 2.05) is 19.1 Å². The van der Waals surface area contributed by atoms with Crippen molar-refractivity contribution in [1.29, 1.82) is 0 Å².